The molecule has 0 spiro atoms. The fourth-order valence-corrected chi connectivity index (χ4v) is 9.85. The standard InChI is InChI=1S/C46H55NO16/c1-23-28(59-40(55)34(60-41(56)63-42(4,5)6)32(47-38(53)24(2)48)26-16-12-10-13-17-26)21-46(57)37(61-39(54)27-18-14-11-15-19-27)35-44(9,36(52)33(51)31(23)43(46,7)8)29(50)20-30-45(35,22-58-30)62-25(3)49/h10-19,28-30,32-35,37,50-51,57H,20-22H2,1-9H3,(H,47,53)/t28-,29-,30+,32-,33+,34+,35-,37-,44+,45-,46+/m0/s1. The van der Waals surface area contributed by atoms with E-state index < -0.39 is 124 Å². The number of amides is 1. The zero-order valence-corrected chi connectivity index (χ0v) is 36.7. The Hall–Kier alpha value is -5.49. The molecular weight excluding hydrogens is 822 g/mol. The van der Waals surface area contributed by atoms with Crippen LogP contribution in [0.3, 0.4) is 0 Å². The van der Waals surface area contributed by atoms with Gasteiger partial charge in [0.25, 0.3) is 5.91 Å². The molecule has 17 heteroatoms. The zero-order chi connectivity index (χ0) is 46.6. The van der Waals surface area contributed by atoms with Crippen molar-refractivity contribution in [1.82, 2.24) is 5.32 Å². The quantitative estimate of drug-likeness (QED) is 0.116. The van der Waals surface area contributed by atoms with Crippen LogP contribution in [0.1, 0.15) is 97.1 Å². The summed E-state index contributed by atoms with van der Waals surface area (Å²) in [4.78, 5) is 95.5. The molecule has 0 radical (unpaired) electrons. The van der Waals surface area contributed by atoms with Crippen LogP contribution < -0.4 is 5.32 Å². The van der Waals surface area contributed by atoms with Crippen molar-refractivity contribution in [1.29, 1.82) is 0 Å². The number of rotatable bonds is 10. The lowest BCUT2D eigenvalue weighted by molar-refractivity contribution is -0.346. The van der Waals surface area contributed by atoms with Crippen molar-refractivity contribution in [2.45, 2.75) is 135 Å². The zero-order valence-electron chi connectivity index (χ0n) is 36.7. The Morgan fingerprint density at radius 2 is 1.51 bits per heavy atom. The Morgan fingerprint density at radius 3 is 2.05 bits per heavy atom. The minimum atomic E-state index is -2.45. The van der Waals surface area contributed by atoms with Gasteiger partial charge in [0, 0.05) is 32.1 Å². The molecule has 4 aliphatic rings. The second-order valence-corrected chi connectivity index (χ2v) is 18.5. The van der Waals surface area contributed by atoms with Gasteiger partial charge in [-0.05, 0) is 63.5 Å². The van der Waals surface area contributed by atoms with E-state index >= 15 is 4.79 Å². The number of aliphatic hydroxyl groups excluding tert-OH is 2. The van der Waals surface area contributed by atoms with Gasteiger partial charge in [-0.25, -0.2) is 14.4 Å². The summed E-state index contributed by atoms with van der Waals surface area (Å²) in [5.74, 6) is -7.69. The molecule has 2 aromatic carbocycles. The second-order valence-electron chi connectivity index (χ2n) is 18.5. The SMILES string of the molecule is CC(=O)O[C@@]12CO[C@@H]1C[C@H](O)[C@@]1(C)C(=O)[C@H](O)C3=C(C)[C@@H](OC(=O)[C@H](OC(=O)OC(C)(C)C)[C@@H](NC(=O)C(C)=O)c4ccccc4)C[C@@](O)([C@@H](OC(=O)c4ccccc4)[C@H]21)C3(C)C. The number of benzene rings is 2. The molecule has 3 aliphatic carbocycles. The first kappa shape index (κ1) is 47.0. The van der Waals surface area contributed by atoms with E-state index in [0.717, 1.165) is 13.8 Å². The summed E-state index contributed by atoms with van der Waals surface area (Å²) < 4.78 is 35.3. The van der Waals surface area contributed by atoms with E-state index in [4.69, 9.17) is 28.4 Å². The summed E-state index contributed by atoms with van der Waals surface area (Å²) in [6, 6.07) is 14.0. The van der Waals surface area contributed by atoms with Gasteiger partial charge in [-0.15, -0.1) is 0 Å². The number of Topliss-reactive ketones (excluding diaryl/α,β-unsaturated/α-hetero) is 2. The third kappa shape index (κ3) is 8.27. The molecule has 63 heavy (non-hydrogen) atoms. The molecule has 2 aromatic rings. The number of hydrogen-bond acceptors (Lipinski definition) is 16. The fourth-order valence-electron chi connectivity index (χ4n) is 9.85. The van der Waals surface area contributed by atoms with Gasteiger partial charge in [0.1, 0.15) is 41.7 Å². The second kappa shape index (κ2) is 16.9. The van der Waals surface area contributed by atoms with Gasteiger partial charge in [0.15, 0.2) is 11.4 Å². The summed E-state index contributed by atoms with van der Waals surface area (Å²) >= 11 is 0. The number of nitrogens with one attached hydrogen (secondary N) is 1. The molecule has 1 aliphatic heterocycles. The fraction of sp³-hybridized carbons (Fsp3) is 0.543. The van der Waals surface area contributed by atoms with Gasteiger partial charge in [-0.3, -0.25) is 19.2 Å². The topological polar surface area (TPSA) is 248 Å². The smallest absolute Gasteiger partial charge is 0.455 e. The van der Waals surface area contributed by atoms with Crippen molar-refractivity contribution >= 4 is 41.5 Å². The average molecular weight is 878 g/mol. The van der Waals surface area contributed by atoms with Crippen molar-refractivity contribution in [2.75, 3.05) is 6.61 Å². The van der Waals surface area contributed by atoms with Crippen molar-refractivity contribution in [3.8, 4) is 0 Å². The monoisotopic (exact) mass is 877 g/mol. The lowest BCUT2D eigenvalue weighted by atomic mass is 9.44. The van der Waals surface area contributed by atoms with Gasteiger partial charge in [0.05, 0.1) is 29.6 Å². The number of esters is 3. The van der Waals surface area contributed by atoms with E-state index in [-0.39, 0.29) is 35.3 Å². The van der Waals surface area contributed by atoms with Crippen LogP contribution in [0.2, 0.25) is 0 Å². The van der Waals surface area contributed by atoms with Crippen LogP contribution >= 0.6 is 0 Å². The van der Waals surface area contributed by atoms with E-state index in [0.29, 0.717) is 0 Å². The highest BCUT2D eigenvalue weighted by atomic mass is 16.7. The summed E-state index contributed by atoms with van der Waals surface area (Å²) in [5, 5.41) is 40.3. The lowest BCUT2D eigenvalue weighted by Gasteiger charge is -2.67. The first-order chi connectivity index (χ1) is 29.3. The normalized spacial score (nSPS) is 31.8. The van der Waals surface area contributed by atoms with E-state index in [1.54, 1.807) is 57.2 Å². The van der Waals surface area contributed by atoms with Crippen molar-refractivity contribution < 1.29 is 77.3 Å². The summed E-state index contributed by atoms with van der Waals surface area (Å²) in [5.41, 5.74) is -8.93. The molecule has 1 heterocycles. The molecule has 2 bridgehead atoms. The van der Waals surface area contributed by atoms with Gasteiger partial charge >= 0.3 is 24.1 Å². The minimum absolute atomic E-state index is 0.0424. The molecule has 2 saturated carbocycles. The summed E-state index contributed by atoms with van der Waals surface area (Å²) in [7, 11) is 0. The first-order valence-corrected chi connectivity index (χ1v) is 20.7. The number of fused-ring (bicyclic) bond motifs is 5. The van der Waals surface area contributed by atoms with E-state index in [1.807, 2.05) is 0 Å². The van der Waals surface area contributed by atoms with Crippen LogP contribution in [-0.2, 0) is 52.4 Å². The number of ether oxygens (including phenoxy) is 6. The molecule has 6 rings (SSSR count). The number of hydrogen-bond donors (Lipinski definition) is 4. The minimum Gasteiger partial charge on any atom is -0.455 e. The van der Waals surface area contributed by atoms with Crippen LogP contribution in [0.5, 0.6) is 0 Å². The Balaban J connectivity index is 1.54. The molecule has 340 valence electrons. The number of carbonyl (C=O) groups excluding carboxylic acids is 7. The van der Waals surface area contributed by atoms with E-state index in [2.05, 4.69) is 5.32 Å². The maximum absolute atomic E-state index is 15.1. The highest BCUT2D eigenvalue weighted by Crippen LogP contribution is 2.64. The maximum Gasteiger partial charge on any atom is 0.509 e. The molecule has 0 unspecified atom stereocenters. The van der Waals surface area contributed by atoms with E-state index in [1.165, 1.54) is 52.0 Å². The highest BCUT2D eigenvalue weighted by Gasteiger charge is 2.78. The van der Waals surface area contributed by atoms with Crippen molar-refractivity contribution in [2.24, 2.45) is 16.7 Å². The van der Waals surface area contributed by atoms with Crippen molar-refractivity contribution in [3.05, 3.63) is 82.9 Å². The highest BCUT2D eigenvalue weighted by molar-refractivity contribution is 6.35. The molecular formula is C46H55NO16. The number of carbonyl (C=O) groups is 7. The molecule has 4 N–H and O–H groups in total. The molecule has 11 atom stereocenters. The van der Waals surface area contributed by atoms with Crippen LogP contribution in [0.4, 0.5) is 4.79 Å². The average Bonchev–Trinajstić information content (AvgIpc) is 3.20. The van der Waals surface area contributed by atoms with Gasteiger partial charge in [0.2, 0.25) is 11.9 Å². The molecule has 0 aromatic heterocycles. The lowest BCUT2D eigenvalue weighted by Crippen LogP contribution is -2.81. The van der Waals surface area contributed by atoms with E-state index in [9.17, 15) is 44.1 Å². The number of aliphatic hydroxyl groups is 3. The Bertz CT molecular complexity index is 2200. The molecule has 1 saturated heterocycles. The summed E-state index contributed by atoms with van der Waals surface area (Å²) in [6.07, 6.45) is -12.4. The van der Waals surface area contributed by atoms with Crippen LogP contribution in [-0.4, -0.2) is 117 Å². The Labute approximate surface area is 364 Å². The first-order valence-electron chi connectivity index (χ1n) is 20.7. The van der Waals surface area contributed by atoms with Gasteiger partial charge < -0.3 is 49.1 Å². The van der Waals surface area contributed by atoms with Crippen LogP contribution in [0, 0.1) is 16.7 Å². The molecule has 3 fully saturated rings. The van der Waals surface area contributed by atoms with Crippen LogP contribution in [0.25, 0.3) is 0 Å². The number of ketones is 2. The summed E-state index contributed by atoms with van der Waals surface area (Å²) in [6.45, 7) is 12.3. The van der Waals surface area contributed by atoms with Gasteiger partial charge in [-0.2, -0.15) is 0 Å². The predicted molar refractivity (Wildman–Crippen MR) is 218 cm³/mol. The molecule has 1 amide bonds. The largest absolute Gasteiger partial charge is 0.509 e. The Kier molecular flexibility index (Phi) is 12.6. The third-order valence-corrected chi connectivity index (χ3v) is 13.1. The Morgan fingerprint density at radius 1 is 0.905 bits per heavy atom. The predicted octanol–water partition coefficient (Wildman–Crippen LogP) is 3.40. The molecule has 17 nitrogen and oxygen atoms in total. The third-order valence-electron chi connectivity index (χ3n) is 13.1. The van der Waals surface area contributed by atoms with Gasteiger partial charge in [-0.1, -0.05) is 62.4 Å². The van der Waals surface area contributed by atoms with Crippen molar-refractivity contribution in [3.63, 3.8) is 0 Å². The van der Waals surface area contributed by atoms with Crippen LogP contribution in [0.15, 0.2) is 71.8 Å². The maximum atomic E-state index is 15.1.